The minimum Gasteiger partial charge on any atom is -0.462 e. The van der Waals surface area contributed by atoms with Crippen LogP contribution in [0.25, 0.3) is 0 Å². The number of alkyl halides is 5. The number of hydrogen-bond acceptors (Lipinski definition) is 3. The zero-order valence-corrected chi connectivity index (χ0v) is 10.4. The molecule has 0 bridgehead atoms. The Balaban J connectivity index is 2.97. The van der Waals surface area contributed by atoms with Gasteiger partial charge in [-0.1, -0.05) is 12.1 Å². The normalized spacial score (nSPS) is 13.9. The van der Waals surface area contributed by atoms with E-state index in [0.717, 1.165) is 12.1 Å². The number of rotatable bonds is 4. The molecule has 2 N–H and O–H groups in total. The highest BCUT2D eigenvalue weighted by atomic mass is 19.4. The minimum absolute atomic E-state index is 0.256. The number of esters is 1. The fourth-order valence-corrected chi connectivity index (χ4v) is 1.44. The molecular weight excluding hydrogens is 285 g/mol. The Kier molecular flexibility index (Phi) is 4.69. The summed E-state index contributed by atoms with van der Waals surface area (Å²) in [6, 6.07) is 0.775. The van der Waals surface area contributed by atoms with Crippen molar-refractivity contribution in [2.45, 2.75) is 25.1 Å². The smallest absolute Gasteiger partial charge is 0.416 e. The summed E-state index contributed by atoms with van der Waals surface area (Å²) in [5.41, 5.74) is 3.94. The minimum atomic E-state index is -4.58. The number of halogens is 5. The maximum absolute atomic E-state index is 13.6. The van der Waals surface area contributed by atoms with Gasteiger partial charge in [0.2, 0.25) is 0 Å². The van der Waals surface area contributed by atoms with Crippen molar-refractivity contribution in [2.75, 3.05) is 6.61 Å². The Morgan fingerprint density at radius 1 is 1.20 bits per heavy atom. The molecule has 1 rings (SSSR count). The van der Waals surface area contributed by atoms with Gasteiger partial charge in [-0.15, -0.1) is 0 Å². The van der Waals surface area contributed by atoms with E-state index in [2.05, 4.69) is 4.74 Å². The fraction of sp³-hybridized carbons (Fsp3) is 0.417. The van der Waals surface area contributed by atoms with Crippen molar-refractivity contribution < 1.29 is 31.5 Å². The van der Waals surface area contributed by atoms with E-state index in [9.17, 15) is 26.7 Å². The van der Waals surface area contributed by atoms with Gasteiger partial charge in [-0.25, -0.2) is 4.79 Å². The summed E-state index contributed by atoms with van der Waals surface area (Å²) in [6.07, 6.45) is -4.58. The number of carbonyl (C=O) groups excluding carboxylic acids is 1. The van der Waals surface area contributed by atoms with Gasteiger partial charge in [0, 0.05) is 0 Å². The van der Waals surface area contributed by atoms with Gasteiger partial charge in [0.1, 0.15) is 6.04 Å². The van der Waals surface area contributed by atoms with Crippen LogP contribution in [0.2, 0.25) is 0 Å². The number of benzene rings is 1. The van der Waals surface area contributed by atoms with E-state index in [-0.39, 0.29) is 12.2 Å². The maximum atomic E-state index is 13.6. The summed E-state index contributed by atoms with van der Waals surface area (Å²) in [5.74, 6) is -5.83. The lowest BCUT2D eigenvalue weighted by Crippen LogP contribution is -2.41. The SMILES string of the molecule is CCOC(=O)C(F)(F)[C@@H](N)c1ccc(C(F)(F)F)cc1. The molecule has 0 amide bonds. The van der Waals surface area contributed by atoms with Crippen LogP contribution in [0.1, 0.15) is 24.1 Å². The Hall–Kier alpha value is -1.70. The first kappa shape index (κ1) is 16.4. The van der Waals surface area contributed by atoms with Crippen LogP contribution in [0.15, 0.2) is 24.3 Å². The lowest BCUT2D eigenvalue weighted by atomic mass is 10.00. The molecule has 0 aliphatic rings. The zero-order chi connectivity index (χ0) is 15.6. The largest absolute Gasteiger partial charge is 0.462 e. The molecule has 112 valence electrons. The van der Waals surface area contributed by atoms with Crippen LogP contribution < -0.4 is 5.73 Å². The van der Waals surface area contributed by atoms with Crippen LogP contribution in [0.3, 0.4) is 0 Å². The molecule has 20 heavy (non-hydrogen) atoms. The van der Waals surface area contributed by atoms with E-state index in [1.165, 1.54) is 6.92 Å². The second kappa shape index (κ2) is 5.74. The Bertz CT molecular complexity index is 470. The fourth-order valence-electron chi connectivity index (χ4n) is 1.44. The van der Waals surface area contributed by atoms with Gasteiger partial charge in [0.05, 0.1) is 12.2 Å². The van der Waals surface area contributed by atoms with E-state index >= 15 is 0 Å². The van der Waals surface area contributed by atoms with Gasteiger partial charge in [0.25, 0.3) is 0 Å². The average Bonchev–Trinajstić information content (AvgIpc) is 2.37. The molecular formula is C12H12F5NO2. The Labute approximate surface area is 111 Å². The van der Waals surface area contributed by atoms with Crippen molar-refractivity contribution >= 4 is 5.97 Å². The van der Waals surface area contributed by atoms with E-state index in [1.54, 1.807) is 0 Å². The van der Waals surface area contributed by atoms with Crippen LogP contribution in [0.5, 0.6) is 0 Å². The van der Waals surface area contributed by atoms with Crippen LogP contribution in [0.4, 0.5) is 22.0 Å². The number of nitrogens with two attached hydrogens (primary N) is 1. The number of hydrogen-bond donors (Lipinski definition) is 1. The third-order valence-corrected chi connectivity index (χ3v) is 2.54. The average molecular weight is 297 g/mol. The summed E-state index contributed by atoms with van der Waals surface area (Å²) in [4.78, 5) is 11.1. The highest BCUT2D eigenvalue weighted by Gasteiger charge is 2.47. The summed E-state index contributed by atoms with van der Waals surface area (Å²) < 4.78 is 68.4. The van der Waals surface area contributed by atoms with Crippen molar-refractivity contribution in [1.29, 1.82) is 0 Å². The molecule has 0 fully saturated rings. The lowest BCUT2D eigenvalue weighted by molar-refractivity contribution is -0.174. The van der Waals surface area contributed by atoms with Gasteiger partial charge < -0.3 is 10.5 Å². The molecule has 0 radical (unpaired) electrons. The van der Waals surface area contributed by atoms with Gasteiger partial charge in [-0.2, -0.15) is 22.0 Å². The highest BCUT2D eigenvalue weighted by molar-refractivity contribution is 5.78. The molecule has 0 heterocycles. The molecule has 8 heteroatoms. The van der Waals surface area contributed by atoms with Crippen molar-refractivity contribution in [3.05, 3.63) is 35.4 Å². The summed E-state index contributed by atoms with van der Waals surface area (Å²) in [5, 5.41) is 0. The second-order valence-electron chi connectivity index (χ2n) is 3.94. The van der Waals surface area contributed by atoms with Gasteiger partial charge in [-0.05, 0) is 24.6 Å². The van der Waals surface area contributed by atoms with Crippen molar-refractivity contribution in [3.8, 4) is 0 Å². The van der Waals surface area contributed by atoms with E-state index in [0.29, 0.717) is 12.1 Å². The highest BCUT2D eigenvalue weighted by Crippen LogP contribution is 2.33. The van der Waals surface area contributed by atoms with Crippen molar-refractivity contribution in [1.82, 2.24) is 0 Å². The first-order valence-corrected chi connectivity index (χ1v) is 5.58. The van der Waals surface area contributed by atoms with Gasteiger partial charge >= 0.3 is 18.1 Å². The molecule has 1 aromatic carbocycles. The van der Waals surface area contributed by atoms with Crippen molar-refractivity contribution in [2.24, 2.45) is 5.73 Å². The van der Waals surface area contributed by atoms with E-state index < -0.39 is 29.7 Å². The quantitative estimate of drug-likeness (QED) is 0.687. The van der Waals surface area contributed by atoms with Crippen LogP contribution in [0, 0.1) is 0 Å². The molecule has 0 aromatic heterocycles. The molecule has 0 unspecified atom stereocenters. The third kappa shape index (κ3) is 3.44. The number of ether oxygens (including phenoxy) is 1. The standard InChI is InChI=1S/C12H12F5NO2/c1-2-20-10(19)11(13,14)9(18)7-3-5-8(6-4-7)12(15,16)17/h3-6,9H,2,18H2,1H3/t9-/m0/s1. The van der Waals surface area contributed by atoms with Crippen molar-refractivity contribution in [3.63, 3.8) is 0 Å². The van der Waals surface area contributed by atoms with Crippen LogP contribution in [-0.4, -0.2) is 18.5 Å². The molecule has 3 nitrogen and oxygen atoms in total. The molecule has 0 aliphatic heterocycles. The third-order valence-electron chi connectivity index (χ3n) is 2.54. The molecule has 0 saturated carbocycles. The van der Waals surface area contributed by atoms with Gasteiger partial charge in [-0.3, -0.25) is 0 Å². The summed E-state index contributed by atoms with van der Waals surface area (Å²) in [7, 11) is 0. The molecule has 0 saturated heterocycles. The summed E-state index contributed by atoms with van der Waals surface area (Å²) >= 11 is 0. The molecule has 0 aliphatic carbocycles. The van der Waals surface area contributed by atoms with Crippen LogP contribution in [-0.2, 0) is 15.7 Å². The molecule has 1 atom stereocenters. The Morgan fingerprint density at radius 3 is 2.10 bits per heavy atom. The molecule has 0 spiro atoms. The Morgan fingerprint density at radius 2 is 1.70 bits per heavy atom. The number of carbonyl (C=O) groups is 1. The maximum Gasteiger partial charge on any atom is 0.416 e. The summed E-state index contributed by atoms with van der Waals surface area (Å²) in [6.45, 7) is 1.09. The zero-order valence-electron chi connectivity index (χ0n) is 10.4. The second-order valence-corrected chi connectivity index (χ2v) is 3.94. The van der Waals surface area contributed by atoms with Gasteiger partial charge in [0.15, 0.2) is 0 Å². The van der Waals surface area contributed by atoms with E-state index in [1.807, 2.05) is 0 Å². The topological polar surface area (TPSA) is 52.3 Å². The predicted molar refractivity (Wildman–Crippen MR) is 60.0 cm³/mol. The lowest BCUT2D eigenvalue weighted by Gasteiger charge is -2.22. The first-order chi connectivity index (χ1) is 9.10. The predicted octanol–water partition coefficient (Wildman–Crippen LogP) is 2.90. The van der Waals surface area contributed by atoms with E-state index in [4.69, 9.17) is 5.73 Å². The van der Waals surface area contributed by atoms with Crippen LogP contribution >= 0.6 is 0 Å². The first-order valence-electron chi connectivity index (χ1n) is 5.58. The monoisotopic (exact) mass is 297 g/mol. The molecule has 1 aromatic rings.